The molecule has 4 N–H and O–H groups in total. The molecule has 0 radical (unpaired) electrons. The number of phenolic OH excluding ortho intramolecular Hbond substituents is 1. The number of aromatic hydroxyl groups is 1. The molecule has 0 spiro atoms. The van der Waals surface area contributed by atoms with Gasteiger partial charge in [-0.2, -0.15) is 0 Å². The Bertz CT molecular complexity index is 1430. The zero-order valence-electron chi connectivity index (χ0n) is 19.6. The number of aromatic amines is 1. The quantitative estimate of drug-likeness (QED) is 0.223. The molecule has 0 saturated heterocycles. The predicted octanol–water partition coefficient (Wildman–Crippen LogP) is 5.68. The number of pyridine rings is 1. The van der Waals surface area contributed by atoms with Crippen LogP contribution in [0.1, 0.15) is 28.4 Å². The van der Waals surface area contributed by atoms with E-state index in [2.05, 4.69) is 47.6 Å². The molecule has 5 rings (SSSR count). The van der Waals surface area contributed by atoms with Crippen molar-refractivity contribution in [3.05, 3.63) is 120 Å². The smallest absolute Gasteiger partial charge is 0.116 e. The molecular weight excluding hydrogens is 434 g/mol. The van der Waals surface area contributed by atoms with E-state index in [0.717, 1.165) is 38.9 Å². The summed E-state index contributed by atoms with van der Waals surface area (Å²) in [5, 5.41) is 25.4. The lowest BCUT2D eigenvalue weighted by Crippen LogP contribution is -2.36. The number of hydrogen-bond acceptors (Lipinski definition) is 4. The summed E-state index contributed by atoms with van der Waals surface area (Å²) in [6.45, 7) is 2.10. The molecule has 0 aliphatic carbocycles. The highest BCUT2D eigenvalue weighted by molar-refractivity contribution is 5.84. The van der Waals surface area contributed by atoms with Crippen LogP contribution in [0.3, 0.4) is 0 Å². The molecule has 35 heavy (non-hydrogen) atoms. The molecule has 0 amide bonds. The van der Waals surface area contributed by atoms with Gasteiger partial charge in [-0.15, -0.1) is 0 Å². The minimum atomic E-state index is -0.809. The van der Waals surface area contributed by atoms with E-state index >= 15 is 0 Å². The number of aryl methyl sites for hydroxylation is 1. The van der Waals surface area contributed by atoms with Gasteiger partial charge in [-0.25, -0.2) is 0 Å². The third kappa shape index (κ3) is 5.11. The van der Waals surface area contributed by atoms with Crippen molar-refractivity contribution >= 4 is 10.9 Å². The van der Waals surface area contributed by atoms with E-state index in [1.807, 2.05) is 54.9 Å². The van der Waals surface area contributed by atoms with E-state index in [1.54, 1.807) is 12.1 Å². The zero-order chi connectivity index (χ0) is 24.2. The predicted molar refractivity (Wildman–Crippen MR) is 140 cm³/mol. The molecule has 1 unspecified atom stereocenters. The van der Waals surface area contributed by atoms with Crippen molar-refractivity contribution in [1.82, 2.24) is 15.3 Å². The van der Waals surface area contributed by atoms with Gasteiger partial charge in [-0.1, -0.05) is 60.7 Å². The van der Waals surface area contributed by atoms with E-state index < -0.39 is 6.23 Å². The lowest BCUT2D eigenvalue weighted by atomic mass is 9.93. The lowest BCUT2D eigenvalue weighted by molar-refractivity contribution is 0.121. The van der Waals surface area contributed by atoms with E-state index in [9.17, 15) is 10.2 Å². The summed E-state index contributed by atoms with van der Waals surface area (Å²) in [6.07, 6.45) is 3.97. The summed E-state index contributed by atoms with van der Waals surface area (Å²) in [7, 11) is 0. The number of aliphatic hydroxyl groups excluding tert-OH is 1. The fourth-order valence-corrected chi connectivity index (χ4v) is 4.72. The van der Waals surface area contributed by atoms with Crippen molar-refractivity contribution in [3.8, 4) is 16.9 Å². The van der Waals surface area contributed by atoms with E-state index in [4.69, 9.17) is 4.98 Å². The molecule has 2 heterocycles. The highest BCUT2D eigenvalue weighted by Gasteiger charge is 2.22. The Hall–Kier alpha value is -3.93. The molecule has 0 fully saturated rings. The van der Waals surface area contributed by atoms with Gasteiger partial charge in [0.25, 0.3) is 0 Å². The van der Waals surface area contributed by atoms with Crippen LogP contribution in [0.2, 0.25) is 0 Å². The first-order valence-electron chi connectivity index (χ1n) is 11.9. The zero-order valence-corrected chi connectivity index (χ0v) is 19.6. The van der Waals surface area contributed by atoms with Crippen LogP contribution in [0.25, 0.3) is 22.0 Å². The number of benzene rings is 3. The van der Waals surface area contributed by atoms with Crippen molar-refractivity contribution < 1.29 is 10.2 Å². The van der Waals surface area contributed by atoms with Crippen LogP contribution in [-0.2, 0) is 12.8 Å². The van der Waals surface area contributed by atoms with Gasteiger partial charge in [-0.3, -0.25) is 10.3 Å². The molecule has 2 atom stereocenters. The van der Waals surface area contributed by atoms with Gasteiger partial charge in [-0.05, 0) is 59.9 Å². The second kappa shape index (κ2) is 10.1. The van der Waals surface area contributed by atoms with Crippen molar-refractivity contribution in [3.63, 3.8) is 0 Å². The molecule has 3 aromatic carbocycles. The monoisotopic (exact) mass is 463 g/mol. The summed E-state index contributed by atoms with van der Waals surface area (Å²) in [4.78, 5) is 8.01. The Labute approximate surface area is 205 Å². The van der Waals surface area contributed by atoms with Gasteiger partial charge >= 0.3 is 0 Å². The fourth-order valence-electron chi connectivity index (χ4n) is 4.72. The summed E-state index contributed by atoms with van der Waals surface area (Å²) in [6, 6.07) is 27.6. The van der Waals surface area contributed by atoms with Gasteiger partial charge in [0, 0.05) is 35.3 Å². The fraction of sp³-hybridized carbons (Fsp3) is 0.167. The number of aromatic nitrogens is 2. The molecule has 0 saturated carbocycles. The number of fused-ring (bicyclic) bond motifs is 1. The molecule has 0 aliphatic rings. The number of nitrogens with one attached hydrogen (secondary N) is 2. The van der Waals surface area contributed by atoms with Crippen LogP contribution in [0.4, 0.5) is 0 Å². The van der Waals surface area contributed by atoms with Gasteiger partial charge < -0.3 is 15.2 Å². The highest BCUT2D eigenvalue weighted by Crippen LogP contribution is 2.31. The molecule has 0 aliphatic heterocycles. The van der Waals surface area contributed by atoms with Crippen molar-refractivity contribution in [2.45, 2.75) is 32.0 Å². The van der Waals surface area contributed by atoms with E-state index in [-0.39, 0.29) is 11.8 Å². The maximum absolute atomic E-state index is 11.2. The average molecular weight is 464 g/mol. The maximum atomic E-state index is 11.2. The van der Waals surface area contributed by atoms with Crippen LogP contribution >= 0.6 is 0 Å². The number of phenols is 1. The first kappa shape index (κ1) is 22.8. The van der Waals surface area contributed by atoms with E-state index in [1.165, 1.54) is 5.56 Å². The second-order valence-electron chi connectivity index (χ2n) is 8.92. The van der Waals surface area contributed by atoms with Gasteiger partial charge in [0.2, 0.25) is 0 Å². The molecular formula is C30H29N3O2. The highest BCUT2D eigenvalue weighted by atomic mass is 16.3. The summed E-state index contributed by atoms with van der Waals surface area (Å²) in [5.74, 6) is 0.208. The van der Waals surface area contributed by atoms with Crippen LogP contribution in [0, 0.1) is 6.92 Å². The third-order valence-electron chi connectivity index (χ3n) is 6.44. The van der Waals surface area contributed by atoms with Crippen molar-refractivity contribution in [2.75, 3.05) is 0 Å². The van der Waals surface area contributed by atoms with Crippen LogP contribution in [0.15, 0.2) is 97.3 Å². The summed E-state index contributed by atoms with van der Waals surface area (Å²) < 4.78 is 0. The molecule has 5 aromatic rings. The number of rotatable bonds is 8. The molecule has 2 aromatic heterocycles. The number of aliphatic hydroxyl groups is 1. The Morgan fingerprint density at radius 2 is 1.66 bits per heavy atom. The lowest BCUT2D eigenvalue weighted by Gasteiger charge is -2.25. The molecule has 176 valence electrons. The summed E-state index contributed by atoms with van der Waals surface area (Å²) >= 11 is 0. The molecule has 5 heteroatoms. The molecule has 5 nitrogen and oxygen atoms in total. The Kier molecular flexibility index (Phi) is 6.62. The van der Waals surface area contributed by atoms with Crippen LogP contribution < -0.4 is 5.32 Å². The number of nitrogens with zero attached hydrogens (tertiary/aromatic N) is 1. The van der Waals surface area contributed by atoms with Gasteiger partial charge in [0.1, 0.15) is 12.0 Å². The average Bonchev–Trinajstić information content (AvgIpc) is 3.26. The van der Waals surface area contributed by atoms with Crippen molar-refractivity contribution in [2.24, 2.45) is 0 Å². The maximum Gasteiger partial charge on any atom is 0.116 e. The minimum absolute atomic E-state index is 0.207. The second-order valence-corrected chi connectivity index (χ2v) is 8.92. The third-order valence-corrected chi connectivity index (χ3v) is 6.44. The Morgan fingerprint density at radius 3 is 2.49 bits per heavy atom. The largest absolute Gasteiger partial charge is 0.508 e. The number of hydrogen-bond donors (Lipinski definition) is 4. The SMILES string of the molecule is Cc1ccccc1-c1cccnc1[C@@H](Cc1ccccc1)NC(O)Cc1c[nH]c2ccc(O)cc12. The summed E-state index contributed by atoms with van der Waals surface area (Å²) in [5.41, 5.74) is 7.31. The Morgan fingerprint density at radius 1 is 0.886 bits per heavy atom. The molecule has 0 bridgehead atoms. The normalized spacial score (nSPS) is 13.1. The minimum Gasteiger partial charge on any atom is -0.508 e. The van der Waals surface area contributed by atoms with Crippen LogP contribution in [0.5, 0.6) is 5.75 Å². The van der Waals surface area contributed by atoms with Crippen LogP contribution in [-0.4, -0.2) is 26.4 Å². The van der Waals surface area contributed by atoms with Crippen molar-refractivity contribution in [1.29, 1.82) is 0 Å². The topological polar surface area (TPSA) is 81.2 Å². The first-order chi connectivity index (χ1) is 17.1. The van der Waals surface area contributed by atoms with E-state index in [0.29, 0.717) is 12.8 Å². The van der Waals surface area contributed by atoms with Gasteiger partial charge in [0.15, 0.2) is 0 Å². The van der Waals surface area contributed by atoms with Gasteiger partial charge in [0.05, 0.1) is 11.7 Å². The first-order valence-corrected chi connectivity index (χ1v) is 11.9. The Balaban J connectivity index is 1.48. The standard InChI is InChI=1S/C30H29N3O2/c1-20-8-5-6-11-24(20)25-12-7-15-31-30(25)28(16-21-9-3-2-4-10-21)33-29(35)17-22-19-32-27-14-13-23(34)18-26(22)27/h2-15,18-19,28-29,32-35H,16-17H2,1H3/t28-,29?/m1/s1. The number of H-pyrrole nitrogens is 1.